The number of rotatable bonds is 3. The molecule has 0 saturated carbocycles. The summed E-state index contributed by atoms with van der Waals surface area (Å²) in [6.45, 7) is 3.32. The first-order chi connectivity index (χ1) is 12.3. The number of hydrogen-bond acceptors (Lipinski definition) is 4. The summed E-state index contributed by atoms with van der Waals surface area (Å²) in [5.74, 6) is 0.549. The van der Waals surface area contributed by atoms with Crippen LogP contribution in [0, 0.1) is 5.92 Å². The topological polar surface area (TPSA) is 61.0 Å². The molecule has 0 aliphatic carbocycles. The predicted molar refractivity (Wildman–Crippen MR) is 99.8 cm³/mol. The van der Waals surface area contributed by atoms with Crippen LogP contribution in [-0.4, -0.2) is 46.7 Å². The van der Waals surface area contributed by atoms with E-state index in [1.165, 1.54) is 31.5 Å². The van der Waals surface area contributed by atoms with Crippen LogP contribution in [0.15, 0.2) is 35.0 Å². The van der Waals surface area contributed by atoms with Gasteiger partial charge in [-0.1, -0.05) is 6.07 Å². The van der Waals surface area contributed by atoms with Crippen molar-refractivity contribution in [3.63, 3.8) is 0 Å². The summed E-state index contributed by atoms with van der Waals surface area (Å²) in [5, 5.41) is 15.6. The molecule has 6 rings (SSSR count). The fraction of sp³-hybridized carbons (Fsp3) is 0.368. The lowest BCUT2D eigenvalue weighted by Crippen LogP contribution is -2.57. The molecule has 5 heterocycles. The van der Waals surface area contributed by atoms with Crippen LogP contribution in [0.25, 0.3) is 22.0 Å². The third kappa shape index (κ3) is 2.65. The van der Waals surface area contributed by atoms with Gasteiger partial charge in [-0.15, -0.1) is 0 Å². The van der Waals surface area contributed by atoms with Gasteiger partial charge >= 0.3 is 0 Å². The van der Waals surface area contributed by atoms with E-state index in [-0.39, 0.29) is 11.9 Å². The number of thiophene rings is 1. The van der Waals surface area contributed by atoms with Crippen LogP contribution in [0.3, 0.4) is 0 Å². The number of fused-ring (bicyclic) bond motifs is 4. The van der Waals surface area contributed by atoms with Crippen molar-refractivity contribution in [3.8, 4) is 11.1 Å². The molecule has 3 fully saturated rings. The molecule has 5 nitrogen and oxygen atoms in total. The molecule has 3 saturated heterocycles. The van der Waals surface area contributed by atoms with E-state index in [1.54, 1.807) is 11.3 Å². The zero-order chi connectivity index (χ0) is 16.8. The molecule has 128 valence electrons. The minimum absolute atomic E-state index is 0.0625. The maximum atomic E-state index is 12.9. The number of hydrogen-bond donors (Lipinski definition) is 2. The number of benzene rings is 1. The SMILES string of the molecule is O=C(N[C@H]1CN2CCC1CC2)c1n[nH]c2ccc(-c3ccsc3)cc12. The summed E-state index contributed by atoms with van der Waals surface area (Å²) in [6, 6.07) is 8.48. The number of carbonyl (C=O) groups is 1. The molecule has 2 aromatic heterocycles. The Labute approximate surface area is 150 Å². The summed E-state index contributed by atoms with van der Waals surface area (Å²) in [5.41, 5.74) is 3.70. The van der Waals surface area contributed by atoms with E-state index < -0.39 is 0 Å². The van der Waals surface area contributed by atoms with Crippen molar-refractivity contribution in [1.82, 2.24) is 20.4 Å². The van der Waals surface area contributed by atoms with Crippen molar-refractivity contribution in [1.29, 1.82) is 0 Å². The molecule has 1 aromatic carbocycles. The molecular weight excluding hydrogens is 332 g/mol. The Morgan fingerprint density at radius 3 is 2.84 bits per heavy atom. The van der Waals surface area contributed by atoms with Gasteiger partial charge in [0, 0.05) is 18.0 Å². The molecule has 1 atom stereocenters. The Morgan fingerprint density at radius 1 is 1.24 bits per heavy atom. The molecule has 3 aliphatic rings. The smallest absolute Gasteiger partial charge is 0.272 e. The van der Waals surface area contributed by atoms with Crippen molar-refractivity contribution in [2.45, 2.75) is 18.9 Å². The summed E-state index contributed by atoms with van der Waals surface area (Å²) < 4.78 is 0. The van der Waals surface area contributed by atoms with E-state index in [0.717, 1.165) is 23.0 Å². The lowest BCUT2D eigenvalue weighted by Gasteiger charge is -2.44. The zero-order valence-electron chi connectivity index (χ0n) is 13.9. The monoisotopic (exact) mass is 352 g/mol. The van der Waals surface area contributed by atoms with E-state index in [9.17, 15) is 4.79 Å². The average molecular weight is 352 g/mol. The molecule has 0 unspecified atom stereocenters. The highest BCUT2D eigenvalue weighted by atomic mass is 32.1. The molecule has 0 radical (unpaired) electrons. The van der Waals surface area contributed by atoms with Crippen molar-refractivity contribution in [2.75, 3.05) is 19.6 Å². The van der Waals surface area contributed by atoms with Crippen LogP contribution < -0.4 is 5.32 Å². The molecule has 2 N–H and O–H groups in total. The minimum atomic E-state index is -0.0625. The summed E-state index contributed by atoms with van der Waals surface area (Å²) in [7, 11) is 0. The fourth-order valence-electron chi connectivity index (χ4n) is 4.16. The van der Waals surface area contributed by atoms with E-state index in [0.29, 0.717) is 11.6 Å². The Morgan fingerprint density at radius 2 is 2.12 bits per heavy atom. The molecule has 0 spiro atoms. The third-order valence-electron chi connectivity index (χ3n) is 5.61. The number of piperidine rings is 3. The molecule has 25 heavy (non-hydrogen) atoms. The van der Waals surface area contributed by atoms with Gasteiger partial charge in [0.15, 0.2) is 5.69 Å². The van der Waals surface area contributed by atoms with Crippen LogP contribution in [-0.2, 0) is 0 Å². The number of nitrogens with zero attached hydrogens (tertiary/aromatic N) is 2. The number of H-pyrrole nitrogens is 1. The predicted octanol–water partition coefficient (Wildman–Crippen LogP) is 3.12. The van der Waals surface area contributed by atoms with Crippen LogP contribution >= 0.6 is 11.3 Å². The van der Waals surface area contributed by atoms with E-state index >= 15 is 0 Å². The van der Waals surface area contributed by atoms with Crippen molar-refractivity contribution < 1.29 is 4.79 Å². The van der Waals surface area contributed by atoms with E-state index in [1.807, 2.05) is 6.07 Å². The first kappa shape index (κ1) is 15.1. The molecular formula is C19H20N4OS. The van der Waals surface area contributed by atoms with Gasteiger partial charge in [0.05, 0.1) is 5.52 Å². The van der Waals surface area contributed by atoms with Gasteiger partial charge < -0.3 is 10.2 Å². The quantitative estimate of drug-likeness (QED) is 0.761. The Bertz CT molecular complexity index is 909. The van der Waals surface area contributed by atoms with Crippen LogP contribution in [0.5, 0.6) is 0 Å². The summed E-state index contributed by atoms with van der Waals surface area (Å²) in [4.78, 5) is 15.3. The average Bonchev–Trinajstić information content (AvgIpc) is 3.32. The van der Waals surface area contributed by atoms with E-state index in [2.05, 4.69) is 49.4 Å². The Hall–Kier alpha value is -2.18. The van der Waals surface area contributed by atoms with Gasteiger partial charge in [0.1, 0.15) is 0 Å². The summed E-state index contributed by atoms with van der Waals surface area (Å²) >= 11 is 1.68. The van der Waals surface area contributed by atoms with Gasteiger partial charge in [-0.2, -0.15) is 16.4 Å². The van der Waals surface area contributed by atoms with Crippen molar-refractivity contribution in [2.24, 2.45) is 5.92 Å². The second-order valence-corrected chi connectivity index (χ2v) is 7.84. The lowest BCUT2D eigenvalue weighted by molar-refractivity contribution is 0.0618. The van der Waals surface area contributed by atoms with Gasteiger partial charge in [-0.3, -0.25) is 9.89 Å². The van der Waals surface area contributed by atoms with E-state index in [4.69, 9.17) is 0 Å². The normalized spacial score (nSPS) is 25.4. The largest absolute Gasteiger partial charge is 0.346 e. The highest BCUT2D eigenvalue weighted by molar-refractivity contribution is 7.08. The number of carbonyl (C=O) groups excluding carboxylic acids is 1. The van der Waals surface area contributed by atoms with Crippen LogP contribution in [0.1, 0.15) is 23.3 Å². The van der Waals surface area contributed by atoms with Gasteiger partial charge in [-0.25, -0.2) is 0 Å². The van der Waals surface area contributed by atoms with Crippen LogP contribution in [0.4, 0.5) is 0 Å². The zero-order valence-corrected chi connectivity index (χ0v) is 14.7. The minimum Gasteiger partial charge on any atom is -0.346 e. The second-order valence-electron chi connectivity index (χ2n) is 7.06. The number of amides is 1. The Balaban J connectivity index is 1.44. The summed E-state index contributed by atoms with van der Waals surface area (Å²) in [6.07, 6.45) is 2.38. The standard InChI is InChI=1S/C19H20N4OS/c24-19(20-17-10-23-6-3-12(17)4-7-23)18-15-9-13(14-5-8-25-11-14)1-2-16(15)21-22-18/h1-2,5,8-9,11-12,17H,3-4,6-7,10H2,(H,20,24)(H,21,22)/t17-/m0/s1. The Kier molecular flexibility index (Phi) is 3.60. The molecule has 3 aliphatic heterocycles. The first-order valence-corrected chi connectivity index (χ1v) is 9.76. The molecule has 6 heteroatoms. The highest BCUT2D eigenvalue weighted by Crippen LogP contribution is 2.29. The molecule has 3 aromatic rings. The molecule has 2 bridgehead atoms. The lowest BCUT2D eigenvalue weighted by atomic mass is 9.84. The fourth-order valence-corrected chi connectivity index (χ4v) is 4.83. The van der Waals surface area contributed by atoms with Crippen LogP contribution in [0.2, 0.25) is 0 Å². The number of aromatic nitrogens is 2. The maximum Gasteiger partial charge on any atom is 0.272 e. The van der Waals surface area contributed by atoms with Gasteiger partial charge in [0.2, 0.25) is 0 Å². The number of aromatic amines is 1. The van der Waals surface area contributed by atoms with Gasteiger partial charge in [-0.05, 0) is 71.9 Å². The highest BCUT2D eigenvalue weighted by Gasteiger charge is 2.35. The first-order valence-electron chi connectivity index (χ1n) is 8.82. The molecule has 1 amide bonds. The third-order valence-corrected chi connectivity index (χ3v) is 6.29. The van der Waals surface area contributed by atoms with Crippen molar-refractivity contribution in [3.05, 3.63) is 40.7 Å². The maximum absolute atomic E-state index is 12.9. The van der Waals surface area contributed by atoms with Gasteiger partial charge in [0.25, 0.3) is 5.91 Å². The second kappa shape index (κ2) is 5.97. The van der Waals surface area contributed by atoms with Crippen molar-refractivity contribution >= 4 is 28.1 Å². The number of nitrogens with one attached hydrogen (secondary N) is 2.